The fraction of sp³-hybridized carbons (Fsp3) is 0.400. The van der Waals surface area contributed by atoms with Crippen molar-refractivity contribution < 1.29 is 14.3 Å². The highest BCUT2D eigenvalue weighted by atomic mass is 16.5. The lowest BCUT2D eigenvalue weighted by molar-refractivity contribution is -0.140. The molecule has 74 valence electrons. The molecule has 1 N–H and O–H groups in total. The van der Waals surface area contributed by atoms with Gasteiger partial charge >= 0.3 is 5.97 Å². The van der Waals surface area contributed by atoms with E-state index >= 15 is 0 Å². The Bertz CT molecular complexity index is 354. The first-order chi connectivity index (χ1) is 6.74. The van der Waals surface area contributed by atoms with E-state index in [4.69, 9.17) is 4.74 Å². The summed E-state index contributed by atoms with van der Waals surface area (Å²) in [6, 6.07) is -0.0165. The van der Waals surface area contributed by atoms with Gasteiger partial charge < -0.3 is 10.1 Å². The summed E-state index contributed by atoms with van der Waals surface area (Å²) < 4.78 is 4.88. The lowest BCUT2D eigenvalue weighted by atomic mass is 9.90. The first-order valence-corrected chi connectivity index (χ1v) is 4.56. The minimum absolute atomic E-state index is 0.0165. The molecule has 2 rings (SSSR count). The number of rotatable bonds is 1. The van der Waals surface area contributed by atoms with E-state index in [2.05, 4.69) is 5.32 Å². The van der Waals surface area contributed by atoms with E-state index in [1.165, 1.54) is 0 Å². The van der Waals surface area contributed by atoms with E-state index in [-0.39, 0.29) is 12.0 Å². The molecule has 0 bridgehead atoms. The molecular weight excluding hydrogens is 182 g/mol. The van der Waals surface area contributed by atoms with Crippen molar-refractivity contribution in [3.63, 3.8) is 0 Å². The second-order valence-corrected chi connectivity index (χ2v) is 3.38. The van der Waals surface area contributed by atoms with E-state index < -0.39 is 0 Å². The molecule has 4 nitrogen and oxygen atoms in total. The van der Waals surface area contributed by atoms with Gasteiger partial charge in [0.1, 0.15) is 6.29 Å². The summed E-state index contributed by atoms with van der Waals surface area (Å²) >= 11 is 0. The molecule has 0 aromatic carbocycles. The molecule has 0 unspecified atom stereocenters. The predicted octanol–water partition coefficient (Wildman–Crippen LogP) is 0.304. The standard InChI is InChI=1S/C10H11NO3/c1-6-9(5-12)7-2-3-14-10(13)8(7)4-11-6/h4-6,11H,2-3H2,1H3/t6-/m0/s1. The number of fused-ring (bicyclic) bond motifs is 1. The number of ether oxygens (including phenoxy) is 1. The van der Waals surface area contributed by atoms with Gasteiger partial charge in [-0.25, -0.2) is 4.79 Å². The van der Waals surface area contributed by atoms with Gasteiger partial charge in [-0.3, -0.25) is 4.79 Å². The van der Waals surface area contributed by atoms with E-state index in [0.717, 1.165) is 11.9 Å². The zero-order valence-electron chi connectivity index (χ0n) is 7.87. The maximum absolute atomic E-state index is 11.3. The second kappa shape index (κ2) is 3.29. The largest absolute Gasteiger partial charge is 0.462 e. The summed E-state index contributed by atoms with van der Waals surface area (Å²) in [6.07, 6.45) is 3.09. The number of carbonyl (C=O) groups is 2. The first kappa shape index (κ1) is 8.99. The second-order valence-electron chi connectivity index (χ2n) is 3.38. The van der Waals surface area contributed by atoms with Crippen LogP contribution >= 0.6 is 0 Å². The molecule has 14 heavy (non-hydrogen) atoms. The normalized spacial score (nSPS) is 25.9. The average Bonchev–Trinajstić information content (AvgIpc) is 2.18. The molecule has 0 saturated carbocycles. The van der Waals surface area contributed by atoms with Gasteiger partial charge in [0.05, 0.1) is 18.2 Å². The third-order valence-corrected chi connectivity index (χ3v) is 2.55. The van der Waals surface area contributed by atoms with Crippen molar-refractivity contribution in [2.75, 3.05) is 6.61 Å². The van der Waals surface area contributed by atoms with Crippen LogP contribution in [0.1, 0.15) is 13.3 Å². The van der Waals surface area contributed by atoms with Gasteiger partial charge in [-0.15, -0.1) is 0 Å². The molecule has 1 saturated heterocycles. The van der Waals surface area contributed by atoms with E-state index in [9.17, 15) is 9.59 Å². The molecule has 0 amide bonds. The summed E-state index contributed by atoms with van der Waals surface area (Å²) in [6.45, 7) is 2.26. The van der Waals surface area contributed by atoms with Crippen molar-refractivity contribution in [1.29, 1.82) is 0 Å². The van der Waals surface area contributed by atoms with Crippen LogP contribution in [-0.4, -0.2) is 24.9 Å². The Morgan fingerprint density at radius 2 is 2.43 bits per heavy atom. The lowest BCUT2D eigenvalue weighted by Gasteiger charge is -2.27. The Balaban J connectivity index is 2.46. The SMILES string of the molecule is C[C@@H]1NC=C2C(=O)OCCC2=C1C=O. The molecular formula is C10H11NO3. The van der Waals surface area contributed by atoms with Gasteiger partial charge in [0.15, 0.2) is 0 Å². The molecule has 2 aliphatic heterocycles. The quantitative estimate of drug-likeness (QED) is 0.481. The van der Waals surface area contributed by atoms with Crippen LogP contribution in [0, 0.1) is 0 Å². The Morgan fingerprint density at radius 3 is 3.14 bits per heavy atom. The van der Waals surface area contributed by atoms with E-state index in [1.807, 2.05) is 6.92 Å². The van der Waals surface area contributed by atoms with Crippen LogP contribution in [0.2, 0.25) is 0 Å². The van der Waals surface area contributed by atoms with Crippen LogP contribution in [0.5, 0.6) is 0 Å². The van der Waals surface area contributed by atoms with Crippen LogP contribution in [0.15, 0.2) is 22.9 Å². The molecule has 0 aromatic rings. The fourth-order valence-electron chi connectivity index (χ4n) is 1.76. The monoisotopic (exact) mass is 193 g/mol. The average molecular weight is 193 g/mol. The highest BCUT2D eigenvalue weighted by Crippen LogP contribution is 2.27. The molecule has 0 aliphatic carbocycles. The highest BCUT2D eigenvalue weighted by molar-refractivity contribution is 5.97. The Hall–Kier alpha value is -1.58. The van der Waals surface area contributed by atoms with Crippen molar-refractivity contribution in [3.8, 4) is 0 Å². The summed E-state index contributed by atoms with van der Waals surface area (Å²) in [7, 11) is 0. The molecule has 1 fully saturated rings. The minimum Gasteiger partial charge on any atom is -0.462 e. The molecule has 0 radical (unpaired) electrons. The first-order valence-electron chi connectivity index (χ1n) is 4.56. The third kappa shape index (κ3) is 1.23. The molecule has 0 spiro atoms. The number of aldehydes is 1. The summed E-state index contributed by atoms with van der Waals surface area (Å²) in [4.78, 5) is 22.2. The Morgan fingerprint density at radius 1 is 1.64 bits per heavy atom. The van der Waals surface area contributed by atoms with Gasteiger partial charge in [-0.05, 0) is 12.5 Å². The molecule has 1 atom stereocenters. The third-order valence-electron chi connectivity index (χ3n) is 2.55. The summed E-state index contributed by atoms with van der Waals surface area (Å²) in [5, 5.41) is 2.96. The van der Waals surface area contributed by atoms with Gasteiger partial charge in [0.2, 0.25) is 0 Å². The number of cyclic esters (lactones) is 1. The number of esters is 1. The van der Waals surface area contributed by atoms with Crippen LogP contribution in [-0.2, 0) is 14.3 Å². The van der Waals surface area contributed by atoms with Crippen LogP contribution in [0.25, 0.3) is 0 Å². The number of dihydropyridines is 1. The van der Waals surface area contributed by atoms with Crippen molar-refractivity contribution in [3.05, 3.63) is 22.9 Å². The maximum Gasteiger partial charge on any atom is 0.339 e. The minimum atomic E-state index is -0.343. The summed E-state index contributed by atoms with van der Waals surface area (Å²) in [5.74, 6) is -0.343. The van der Waals surface area contributed by atoms with E-state index in [0.29, 0.717) is 24.2 Å². The molecule has 4 heteroatoms. The number of nitrogens with one attached hydrogen (secondary N) is 1. The van der Waals surface area contributed by atoms with Crippen molar-refractivity contribution in [2.24, 2.45) is 0 Å². The van der Waals surface area contributed by atoms with Crippen LogP contribution < -0.4 is 5.32 Å². The predicted molar refractivity (Wildman–Crippen MR) is 49.3 cm³/mol. The van der Waals surface area contributed by atoms with Crippen molar-refractivity contribution in [2.45, 2.75) is 19.4 Å². The zero-order valence-corrected chi connectivity index (χ0v) is 7.87. The van der Waals surface area contributed by atoms with Gasteiger partial charge in [-0.1, -0.05) is 0 Å². The van der Waals surface area contributed by atoms with Crippen molar-refractivity contribution >= 4 is 12.3 Å². The Labute approximate surface area is 81.6 Å². The fourth-order valence-corrected chi connectivity index (χ4v) is 1.76. The van der Waals surface area contributed by atoms with Gasteiger partial charge in [0, 0.05) is 18.2 Å². The number of carbonyl (C=O) groups excluding carboxylic acids is 2. The number of hydrogen-bond donors (Lipinski definition) is 1. The molecule has 2 heterocycles. The highest BCUT2D eigenvalue weighted by Gasteiger charge is 2.29. The molecule has 0 aromatic heterocycles. The number of hydrogen-bond acceptors (Lipinski definition) is 4. The van der Waals surface area contributed by atoms with Crippen molar-refractivity contribution in [1.82, 2.24) is 5.32 Å². The van der Waals surface area contributed by atoms with E-state index in [1.54, 1.807) is 6.20 Å². The maximum atomic E-state index is 11.3. The zero-order chi connectivity index (χ0) is 10.1. The Kier molecular flexibility index (Phi) is 2.11. The summed E-state index contributed by atoms with van der Waals surface area (Å²) in [5.41, 5.74) is 2.00. The lowest BCUT2D eigenvalue weighted by Crippen LogP contribution is -2.34. The van der Waals surface area contributed by atoms with Crippen LogP contribution in [0.4, 0.5) is 0 Å². The van der Waals surface area contributed by atoms with Crippen LogP contribution in [0.3, 0.4) is 0 Å². The molecule has 2 aliphatic rings. The topological polar surface area (TPSA) is 55.4 Å². The van der Waals surface area contributed by atoms with Gasteiger partial charge in [-0.2, -0.15) is 0 Å². The smallest absolute Gasteiger partial charge is 0.339 e. The van der Waals surface area contributed by atoms with Gasteiger partial charge in [0.25, 0.3) is 0 Å².